The second-order valence-corrected chi connectivity index (χ2v) is 5.84. The molecule has 4 nitrogen and oxygen atoms in total. The number of benzene rings is 2. The molecule has 0 heterocycles. The minimum absolute atomic E-state index is 0.201. The number of hydrogen-bond donors (Lipinski definition) is 2. The molecule has 0 unspecified atom stereocenters. The second-order valence-electron chi connectivity index (χ2n) is 5.84. The lowest BCUT2D eigenvalue weighted by molar-refractivity contribution is -0.0596. The van der Waals surface area contributed by atoms with E-state index in [1.165, 1.54) is 24.3 Å². The van der Waals surface area contributed by atoms with Gasteiger partial charge in [-0.3, -0.25) is 10.8 Å². The molecule has 0 atom stereocenters. The van der Waals surface area contributed by atoms with Gasteiger partial charge in [-0.05, 0) is 48.5 Å². The fourth-order valence-electron chi connectivity index (χ4n) is 2.20. The third kappa shape index (κ3) is 6.51. The molecule has 0 spiro atoms. The van der Waals surface area contributed by atoms with Gasteiger partial charge >= 0.3 is 12.4 Å². The molecule has 0 aliphatic heterocycles. The van der Waals surface area contributed by atoms with E-state index in [-0.39, 0.29) is 24.3 Å². The van der Waals surface area contributed by atoms with Crippen molar-refractivity contribution in [3.8, 4) is 11.5 Å². The summed E-state index contributed by atoms with van der Waals surface area (Å²) in [4.78, 5) is 0. The summed E-state index contributed by atoms with van der Waals surface area (Å²) in [5, 5.41) is 14.1. The molecule has 0 aromatic heterocycles. The Labute approximate surface area is 162 Å². The number of rotatable bonds is 8. The van der Waals surface area contributed by atoms with Crippen LogP contribution in [0.4, 0.5) is 26.3 Å². The van der Waals surface area contributed by atoms with Gasteiger partial charge in [0.1, 0.15) is 22.9 Å². The van der Waals surface area contributed by atoms with Crippen LogP contribution in [-0.2, 0) is 0 Å². The fourth-order valence-corrected chi connectivity index (χ4v) is 2.20. The van der Waals surface area contributed by atoms with Crippen LogP contribution < -0.4 is 9.47 Å². The second kappa shape index (κ2) is 8.97. The predicted octanol–water partition coefficient (Wildman–Crippen LogP) is 5.39. The Balaban J connectivity index is 1.75. The smallest absolute Gasteiger partial charge is 0.433 e. The summed E-state index contributed by atoms with van der Waals surface area (Å²) >= 11 is 0. The van der Waals surface area contributed by atoms with Crippen LogP contribution in [0, 0.1) is 10.8 Å². The van der Waals surface area contributed by atoms with Gasteiger partial charge < -0.3 is 9.47 Å². The monoisotopic (exact) mass is 418 g/mol. The van der Waals surface area contributed by atoms with Crippen LogP contribution in [0.3, 0.4) is 0 Å². The van der Waals surface area contributed by atoms with Crippen molar-refractivity contribution in [2.45, 2.75) is 18.8 Å². The van der Waals surface area contributed by atoms with Crippen LogP contribution in [0.1, 0.15) is 17.5 Å². The van der Waals surface area contributed by atoms with Crippen molar-refractivity contribution in [1.29, 1.82) is 10.8 Å². The van der Waals surface area contributed by atoms with Crippen molar-refractivity contribution >= 4 is 11.4 Å². The first kappa shape index (κ1) is 22.3. The van der Waals surface area contributed by atoms with Crippen molar-refractivity contribution in [1.82, 2.24) is 0 Å². The Hall–Kier alpha value is -3.04. The molecule has 2 rings (SSSR count). The average molecular weight is 418 g/mol. The third-order valence-electron chi connectivity index (χ3n) is 3.68. The lowest BCUT2D eigenvalue weighted by atomic mass is 10.1. The average Bonchev–Trinajstić information content (AvgIpc) is 2.66. The molecular weight excluding hydrogens is 402 g/mol. The Morgan fingerprint density at radius 2 is 0.931 bits per heavy atom. The lowest BCUT2D eigenvalue weighted by Gasteiger charge is -2.11. The normalized spacial score (nSPS) is 11.8. The van der Waals surface area contributed by atoms with Gasteiger partial charge in [-0.15, -0.1) is 0 Å². The SMILES string of the molecule is N=C(c1ccc(OCCCOc2ccc(C(=N)C(F)(F)F)cc2)cc1)C(F)(F)F. The van der Waals surface area contributed by atoms with E-state index in [4.69, 9.17) is 20.3 Å². The van der Waals surface area contributed by atoms with E-state index >= 15 is 0 Å². The maximum atomic E-state index is 12.4. The van der Waals surface area contributed by atoms with Crippen LogP contribution in [0.25, 0.3) is 0 Å². The minimum Gasteiger partial charge on any atom is -0.493 e. The molecule has 0 aliphatic rings. The van der Waals surface area contributed by atoms with E-state index in [1.807, 2.05) is 0 Å². The molecule has 0 saturated heterocycles. The highest BCUT2D eigenvalue weighted by Gasteiger charge is 2.35. The van der Waals surface area contributed by atoms with Gasteiger partial charge in [-0.1, -0.05) is 0 Å². The standard InChI is InChI=1S/C19H16F6N2O2/c20-18(21,22)16(26)12-2-6-14(7-3-12)28-10-1-11-29-15-8-4-13(5-9-15)17(27)19(23,24)25/h2-9,26-27H,1,10-11H2. The van der Waals surface area contributed by atoms with Crippen molar-refractivity contribution in [3.63, 3.8) is 0 Å². The molecule has 2 aromatic carbocycles. The Kier molecular flexibility index (Phi) is 6.89. The van der Waals surface area contributed by atoms with Crippen molar-refractivity contribution in [2.24, 2.45) is 0 Å². The maximum Gasteiger partial charge on any atom is 0.433 e. The van der Waals surface area contributed by atoms with Crippen molar-refractivity contribution in [2.75, 3.05) is 13.2 Å². The van der Waals surface area contributed by atoms with Crippen molar-refractivity contribution < 1.29 is 35.8 Å². The number of halogens is 6. The lowest BCUT2D eigenvalue weighted by Crippen LogP contribution is -2.22. The molecule has 2 N–H and O–H groups in total. The molecule has 29 heavy (non-hydrogen) atoms. The van der Waals surface area contributed by atoms with E-state index in [2.05, 4.69) is 0 Å². The molecule has 0 amide bonds. The summed E-state index contributed by atoms with van der Waals surface area (Å²) < 4.78 is 85.4. The highest BCUT2D eigenvalue weighted by Crippen LogP contribution is 2.24. The zero-order chi connectivity index (χ0) is 21.7. The Morgan fingerprint density at radius 3 is 1.21 bits per heavy atom. The summed E-state index contributed by atoms with van der Waals surface area (Å²) in [7, 11) is 0. The van der Waals surface area contributed by atoms with Gasteiger partial charge in [0.2, 0.25) is 0 Å². The molecule has 0 fully saturated rings. The summed E-state index contributed by atoms with van der Waals surface area (Å²) in [5.41, 5.74) is -3.41. The van der Waals surface area contributed by atoms with Gasteiger partial charge in [0, 0.05) is 17.5 Å². The first-order chi connectivity index (χ1) is 13.5. The first-order valence-electron chi connectivity index (χ1n) is 8.26. The fraction of sp³-hybridized carbons (Fsp3) is 0.263. The maximum absolute atomic E-state index is 12.4. The molecule has 2 aromatic rings. The molecule has 0 saturated carbocycles. The van der Waals surface area contributed by atoms with Gasteiger partial charge in [0.15, 0.2) is 0 Å². The summed E-state index contributed by atoms with van der Waals surface area (Å²) in [6.45, 7) is 0.403. The summed E-state index contributed by atoms with van der Waals surface area (Å²) in [6, 6.07) is 9.86. The van der Waals surface area contributed by atoms with E-state index in [0.29, 0.717) is 17.9 Å². The zero-order valence-corrected chi connectivity index (χ0v) is 14.8. The number of ether oxygens (including phenoxy) is 2. The van der Waals surface area contributed by atoms with Gasteiger partial charge in [-0.25, -0.2) is 0 Å². The Morgan fingerprint density at radius 1 is 0.621 bits per heavy atom. The Bertz CT molecular complexity index is 771. The van der Waals surface area contributed by atoms with E-state index in [0.717, 1.165) is 24.3 Å². The van der Waals surface area contributed by atoms with Crippen LogP contribution >= 0.6 is 0 Å². The molecule has 0 aliphatic carbocycles. The largest absolute Gasteiger partial charge is 0.493 e. The van der Waals surface area contributed by atoms with Gasteiger partial charge in [-0.2, -0.15) is 26.3 Å². The van der Waals surface area contributed by atoms with Gasteiger partial charge in [0.25, 0.3) is 0 Å². The zero-order valence-electron chi connectivity index (χ0n) is 14.8. The highest BCUT2D eigenvalue weighted by atomic mass is 19.4. The summed E-state index contributed by atoms with van der Waals surface area (Å²) in [5.74, 6) is 0.664. The highest BCUT2D eigenvalue weighted by molar-refractivity contribution is 6.02. The molecule has 156 valence electrons. The van der Waals surface area contributed by atoms with Crippen LogP contribution in [-0.4, -0.2) is 37.0 Å². The predicted molar refractivity (Wildman–Crippen MR) is 94.3 cm³/mol. The van der Waals surface area contributed by atoms with E-state index in [1.54, 1.807) is 0 Å². The van der Waals surface area contributed by atoms with E-state index < -0.39 is 23.8 Å². The number of alkyl halides is 6. The third-order valence-corrected chi connectivity index (χ3v) is 3.68. The van der Waals surface area contributed by atoms with Crippen LogP contribution in [0.2, 0.25) is 0 Å². The van der Waals surface area contributed by atoms with Crippen molar-refractivity contribution in [3.05, 3.63) is 59.7 Å². The minimum atomic E-state index is -4.72. The molecule has 0 bridgehead atoms. The molecular formula is C19H16F6N2O2. The molecule has 10 heteroatoms. The number of nitrogens with one attached hydrogen (secondary N) is 2. The first-order valence-corrected chi connectivity index (χ1v) is 8.26. The number of hydrogen-bond acceptors (Lipinski definition) is 4. The van der Waals surface area contributed by atoms with Gasteiger partial charge in [0.05, 0.1) is 13.2 Å². The summed E-state index contributed by atoms with van der Waals surface area (Å²) in [6.07, 6.45) is -9.02. The van der Waals surface area contributed by atoms with Crippen LogP contribution in [0.5, 0.6) is 11.5 Å². The topological polar surface area (TPSA) is 66.2 Å². The quantitative estimate of drug-likeness (QED) is 0.343. The molecule has 0 radical (unpaired) electrons. The van der Waals surface area contributed by atoms with E-state index in [9.17, 15) is 26.3 Å². The van der Waals surface area contributed by atoms with Crippen LogP contribution in [0.15, 0.2) is 48.5 Å².